The van der Waals surface area contributed by atoms with Gasteiger partial charge in [0.25, 0.3) is 5.56 Å². The molecule has 0 unspecified atom stereocenters. The summed E-state index contributed by atoms with van der Waals surface area (Å²) in [6, 6.07) is 21.1. The van der Waals surface area contributed by atoms with E-state index in [1.54, 1.807) is 4.57 Å². The highest BCUT2D eigenvalue weighted by Crippen LogP contribution is 2.25. The summed E-state index contributed by atoms with van der Waals surface area (Å²) in [5.74, 6) is -0.765. The van der Waals surface area contributed by atoms with Gasteiger partial charge in [-0.1, -0.05) is 79.3 Å². The van der Waals surface area contributed by atoms with Crippen molar-refractivity contribution in [3.8, 4) is 0 Å². The summed E-state index contributed by atoms with van der Waals surface area (Å²) < 4.78 is 1.64. The fourth-order valence-corrected chi connectivity index (χ4v) is 5.40. The summed E-state index contributed by atoms with van der Waals surface area (Å²) in [7, 11) is 0. The third kappa shape index (κ3) is 6.01. The largest absolute Gasteiger partial charge is 0.295 e. The van der Waals surface area contributed by atoms with Gasteiger partial charge in [0, 0.05) is 11.4 Å². The molecule has 2 heterocycles. The lowest BCUT2D eigenvalue weighted by atomic mass is 10.1. The van der Waals surface area contributed by atoms with Crippen molar-refractivity contribution in [1.29, 1.82) is 0 Å². The first-order valence-electron chi connectivity index (χ1n) is 11.1. The van der Waals surface area contributed by atoms with E-state index in [0.717, 1.165) is 22.4 Å². The Morgan fingerprint density at radius 3 is 2.35 bits per heavy atom. The zero-order valence-corrected chi connectivity index (χ0v) is 20.5. The Kier molecular flexibility index (Phi) is 7.92. The fourth-order valence-electron chi connectivity index (χ4n) is 3.56. The number of nitrogens with one attached hydrogen (secondary N) is 1. The maximum absolute atomic E-state index is 13.3. The summed E-state index contributed by atoms with van der Waals surface area (Å²) in [6.45, 7) is 2.51. The van der Waals surface area contributed by atoms with E-state index in [0.29, 0.717) is 28.3 Å². The zero-order valence-electron chi connectivity index (χ0n) is 18.8. The summed E-state index contributed by atoms with van der Waals surface area (Å²) in [5, 5.41) is 3.53. The average molecular weight is 492 g/mol. The second-order valence-electron chi connectivity index (χ2n) is 7.79. The van der Waals surface area contributed by atoms with Crippen LogP contribution < -0.4 is 10.9 Å². The first-order valence-corrected chi connectivity index (χ1v) is 12.9. The van der Waals surface area contributed by atoms with Crippen LogP contribution in [0.25, 0.3) is 10.2 Å². The molecule has 6 nitrogen and oxygen atoms in total. The van der Waals surface area contributed by atoms with Crippen molar-refractivity contribution in [2.45, 2.75) is 37.9 Å². The molecular formula is C26H25N3O3S2. The van der Waals surface area contributed by atoms with Crippen LogP contribution in [0.15, 0.2) is 76.7 Å². The van der Waals surface area contributed by atoms with Crippen molar-refractivity contribution >= 4 is 45.1 Å². The minimum absolute atomic E-state index is 0.00414. The number of thioether (sulfide) groups is 1. The summed E-state index contributed by atoms with van der Waals surface area (Å²) >= 11 is 2.68. The molecule has 0 aliphatic carbocycles. The molecule has 1 N–H and O–H groups in total. The smallest absolute Gasteiger partial charge is 0.262 e. The van der Waals surface area contributed by atoms with Gasteiger partial charge in [-0.25, -0.2) is 4.98 Å². The molecule has 0 atom stereocenters. The molecule has 4 rings (SSSR count). The number of imide groups is 1. The Morgan fingerprint density at radius 2 is 1.68 bits per heavy atom. The number of carbonyl (C=O) groups is 2. The molecule has 2 aromatic carbocycles. The first-order chi connectivity index (χ1) is 16.5. The minimum atomic E-state index is -0.407. The van der Waals surface area contributed by atoms with Gasteiger partial charge in [0.05, 0.1) is 17.6 Å². The molecule has 0 aliphatic heterocycles. The number of aromatic nitrogens is 2. The molecule has 174 valence electrons. The van der Waals surface area contributed by atoms with Crippen LogP contribution in [0.1, 0.15) is 22.9 Å². The minimum Gasteiger partial charge on any atom is -0.295 e. The predicted molar refractivity (Wildman–Crippen MR) is 137 cm³/mol. The molecule has 2 amide bonds. The Morgan fingerprint density at radius 1 is 1.00 bits per heavy atom. The Labute approximate surface area is 206 Å². The molecule has 2 aromatic heterocycles. The number of rotatable bonds is 9. The molecule has 0 spiro atoms. The molecule has 0 aliphatic rings. The van der Waals surface area contributed by atoms with Crippen molar-refractivity contribution < 1.29 is 9.59 Å². The van der Waals surface area contributed by atoms with Crippen LogP contribution >= 0.6 is 23.1 Å². The van der Waals surface area contributed by atoms with Crippen LogP contribution in [0, 0.1) is 0 Å². The van der Waals surface area contributed by atoms with Crippen molar-refractivity contribution in [2.24, 2.45) is 0 Å². The molecule has 4 aromatic rings. The number of hydrogen-bond donors (Lipinski definition) is 1. The number of amides is 2. The molecular weight excluding hydrogens is 466 g/mol. The van der Waals surface area contributed by atoms with Gasteiger partial charge in [-0.2, -0.15) is 0 Å². The van der Waals surface area contributed by atoms with E-state index in [-0.39, 0.29) is 23.6 Å². The lowest BCUT2D eigenvalue weighted by molar-refractivity contribution is -0.128. The van der Waals surface area contributed by atoms with Gasteiger partial charge in [-0.15, -0.1) is 11.3 Å². The van der Waals surface area contributed by atoms with Crippen LogP contribution in [0.5, 0.6) is 0 Å². The Bertz CT molecular complexity index is 1350. The van der Waals surface area contributed by atoms with E-state index in [1.807, 2.05) is 73.7 Å². The quantitative estimate of drug-likeness (QED) is 0.280. The topological polar surface area (TPSA) is 81.1 Å². The predicted octanol–water partition coefficient (Wildman–Crippen LogP) is 4.24. The number of aryl methyl sites for hydroxylation is 2. The molecule has 0 radical (unpaired) electrons. The molecule has 8 heteroatoms. The highest BCUT2D eigenvalue weighted by Gasteiger charge is 2.16. The van der Waals surface area contributed by atoms with Gasteiger partial charge in [0.2, 0.25) is 11.8 Å². The lowest BCUT2D eigenvalue weighted by Gasteiger charge is -2.12. The van der Waals surface area contributed by atoms with E-state index in [2.05, 4.69) is 5.32 Å². The highest BCUT2D eigenvalue weighted by atomic mass is 32.2. The van der Waals surface area contributed by atoms with Crippen molar-refractivity contribution in [3.63, 3.8) is 0 Å². The molecule has 0 saturated carbocycles. The van der Waals surface area contributed by atoms with Gasteiger partial charge in [0.1, 0.15) is 4.83 Å². The van der Waals surface area contributed by atoms with Gasteiger partial charge in [-0.3, -0.25) is 24.3 Å². The number of hydrogen-bond acceptors (Lipinski definition) is 6. The number of carbonyl (C=O) groups excluding carboxylic acids is 2. The standard InChI is InChI=1S/C26H25N3O3S2/c1-2-20-16-21-24(34-20)28-26(29(25(21)32)14-13-18-9-5-3-6-10-18)33-17-23(31)27-22(30)15-19-11-7-4-8-12-19/h3-12,16H,2,13-15,17H2,1H3,(H,27,30,31). The number of benzene rings is 2. The summed E-state index contributed by atoms with van der Waals surface area (Å²) in [4.78, 5) is 44.4. The first kappa shape index (κ1) is 23.9. The lowest BCUT2D eigenvalue weighted by Crippen LogP contribution is -2.33. The molecule has 34 heavy (non-hydrogen) atoms. The third-order valence-electron chi connectivity index (χ3n) is 5.30. The normalized spacial score (nSPS) is 11.0. The third-order valence-corrected chi connectivity index (χ3v) is 7.45. The van der Waals surface area contributed by atoms with Gasteiger partial charge >= 0.3 is 0 Å². The van der Waals surface area contributed by atoms with Crippen LogP contribution in [-0.4, -0.2) is 27.1 Å². The van der Waals surface area contributed by atoms with Crippen LogP contribution in [0.4, 0.5) is 0 Å². The molecule has 0 saturated heterocycles. The zero-order chi connectivity index (χ0) is 23.9. The van der Waals surface area contributed by atoms with Crippen LogP contribution in [-0.2, 0) is 35.4 Å². The number of thiophene rings is 1. The van der Waals surface area contributed by atoms with Crippen molar-refractivity contribution in [2.75, 3.05) is 5.75 Å². The second kappa shape index (κ2) is 11.3. The van der Waals surface area contributed by atoms with Gasteiger partial charge in [0.15, 0.2) is 5.16 Å². The van der Waals surface area contributed by atoms with Gasteiger partial charge in [-0.05, 0) is 30.0 Å². The van der Waals surface area contributed by atoms with Gasteiger partial charge < -0.3 is 0 Å². The summed E-state index contributed by atoms with van der Waals surface area (Å²) in [5.41, 5.74) is 1.86. The van der Waals surface area contributed by atoms with E-state index >= 15 is 0 Å². The SMILES string of the molecule is CCc1cc2c(=O)n(CCc3ccccc3)c(SCC(=O)NC(=O)Cc3ccccc3)nc2s1. The van der Waals surface area contributed by atoms with E-state index in [1.165, 1.54) is 23.1 Å². The van der Waals surface area contributed by atoms with Crippen molar-refractivity contribution in [1.82, 2.24) is 14.9 Å². The van der Waals surface area contributed by atoms with Crippen LogP contribution in [0.2, 0.25) is 0 Å². The Balaban J connectivity index is 1.49. The second-order valence-corrected chi connectivity index (χ2v) is 9.85. The monoisotopic (exact) mass is 491 g/mol. The van der Waals surface area contributed by atoms with E-state index in [9.17, 15) is 14.4 Å². The van der Waals surface area contributed by atoms with E-state index < -0.39 is 5.91 Å². The number of fused-ring (bicyclic) bond motifs is 1. The maximum atomic E-state index is 13.3. The fraction of sp³-hybridized carbons (Fsp3) is 0.231. The number of nitrogens with zero attached hydrogens (tertiary/aromatic N) is 2. The average Bonchev–Trinajstić information content (AvgIpc) is 3.27. The highest BCUT2D eigenvalue weighted by molar-refractivity contribution is 7.99. The summed E-state index contributed by atoms with van der Waals surface area (Å²) in [6.07, 6.45) is 1.64. The van der Waals surface area contributed by atoms with E-state index in [4.69, 9.17) is 4.98 Å². The maximum Gasteiger partial charge on any atom is 0.262 e. The molecule has 0 bridgehead atoms. The van der Waals surface area contributed by atoms with Crippen molar-refractivity contribution in [3.05, 3.63) is 93.1 Å². The van der Waals surface area contributed by atoms with Crippen LogP contribution in [0.3, 0.4) is 0 Å². The Hall–Kier alpha value is -3.23. The molecule has 0 fully saturated rings.